The molecule has 0 radical (unpaired) electrons. The minimum Gasteiger partial charge on any atom is -0.361 e. The van der Waals surface area contributed by atoms with E-state index in [0.29, 0.717) is 36.4 Å². The van der Waals surface area contributed by atoms with Crippen molar-refractivity contribution in [2.24, 2.45) is 0 Å². The number of benzene rings is 2. The second-order valence-electron chi connectivity index (χ2n) is 6.63. The van der Waals surface area contributed by atoms with Crippen LogP contribution >= 0.6 is 0 Å². The number of amides is 1. The van der Waals surface area contributed by atoms with Gasteiger partial charge in [0.25, 0.3) is 5.91 Å². The summed E-state index contributed by atoms with van der Waals surface area (Å²) < 4.78 is 25.5. The number of carbonyl (C=O) groups is 1. The van der Waals surface area contributed by atoms with Crippen molar-refractivity contribution < 1.29 is 13.2 Å². The van der Waals surface area contributed by atoms with Crippen LogP contribution in [-0.4, -0.2) is 42.5 Å². The Labute approximate surface area is 152 Å². The minimum atomic E-state index is -3.34. The zero-order chi connectivity index (χ0) is 18.1. The lowest BCUT2D eigenvalue weighted by molar-refractivity contribution is 0.0726. The largest absolute Gasteiger partial charge is 0.361 e. The summed E-state index contributed by atoms with van der Waals surface area (Å²) in [6.07, 6.45) is 2.78. The SMILES string of the molecule is O=C(c1ccc2[nH]ccc2c1)N1CCC(S(=O)(=O)c2ccccc2)CC1. The van der Waals surface area contributed by atoms with E-state index in [-0.39, 0.29) is 5.91 Å². The smallest absolute Gasteiger partial charge is 0.253 e. The quantitative estimate of drug-likeness (QED) is 0.771. The van der Waals surface area contributed by atoms with Gasteiger partial charge in [-0.1, -0.05) is 18.2 Å². The Balaban J connectivity index is 1.47. The monoisotopic (exact) mass is 368 g/mol. The summed E-state index contributed by atoms with van der Waals surface area (Å²) in [6.45, 7) is 0.918. The first-order chi connectivity index (χ1) is 12.6. The lowest BCUT2D eigenvalue weighted by atomic mass is 10.1. The summed E-state index contributed by atoms with van der Waals surface area (Å²) in [5.74, 6) is -0.0383. The van der Waals surface area contributed by atoms with Crippen LogP contribution in [0.5, 0.6) is 0 Å². The second-order valence-corrected chi connectivity index (χ2v) is 8.86. The van der Waals surface area contributed by atoms with E-state index in [0.717, 1.165) is 10.9 Å². The summed E-state index contributed by atoms with van der Waals surface area (Å²) in [7, 11) is -3.34. The van der Waals surface area contributed by atoms with Gasteiger partial charge >= 0.3 is 0 Å². The molecule has 1 fully saturated rings. The number of hydrogen-bond donors (Lipinski definition) is 1. The molecule has 4 rings (SSSR count). The fraction of sp³-hybridized carbons (Fsp3) is 0.250. The molecule has 0 spiro atoms. The van der Waals surface area contributed by atoms with Crippen LogP contribution < -0.4 is 0 Å². The molecule has 1 aliphatic rings. The number of carbonyl (C=O) groups excluding carboxylic acids is 1. The maximum Gasteiger partial charge on any atom is 0.253 e. The van der Waals surface area contributed by atoms with Gasteiger partial charge in [0, 0.05) is 35.8 Å². The molecule has 3 aromatic rings. The van der Waals surface area contributed by atoms with Crippen LogP contribution in [0.4, 0.5) is 0 Å². The third-order valence-corrected chi connectivity index (χ3v) is 7.32. The molecule has 1 aromatic heterocycles. The van der Waals surface area contributed by atoms with E-state index in [1.165, 1.54) is 0 Å². The number of fused-ring (bicyclic) bond motifs is 1. The number of hydrogen-bond acceptors (Lipinski definition) is 3. The van der Waals surface area contributed by atoms with Crippen LogP contribution in [0.15, 0.2) is 65.7 Å². The van der Waals surface area contributed by atoms with Gasteiger partial charge in [0.1, 0.15) is 0 Å². The van der Waals surface area contributed by atoms with Crippen LogP contribution in [0, 0.1) is 0 Å². The van der Waals surface area contributed by atoms with Gasteiger partial charge in [-0.25, -0.2) is 8.42 Å². The Kier molecular flexibility index (Phi) is 4.28. The van der Waals surface area contributed by atoms with Crippen molar-refractivity contribution in [3.63, 3.8) is 0 Å². The van der Waals surface area contributed by atoms with Crippen LogP contribution in [-0.2, 0) is 9.84 Å². The highest BCUT2D eigenvalue weighted by Gasteiger charge is 2.32. The number of nitrogens with one attached hydrogen (secondary N) is 1. The second kappa shape index (κ2) is 6.61. The van der Waals surface area contributed by atoms with E-state index < -0.39 is 15.1 Å². The van der Waals surface area contributed by atoms with Crippen molar-refractivity contribution in [3.05, 3.63) is 66.4 Å². The molecule has 0 saturated carbocycles. The van der Waals surface area contributed by atoms with E-state index in [9.17, 15) is 13.2 Å². The van der Waals surface area contributed by atoms with Crippen LogP contribution in [0.2, 0.25) is 0 Å². The zero-order valence-electron chi connectivity index (χ0n) is 14.3. The lowest BCUT2D eigenvalue weighted by Gasteiger charge is -2.31. The van der Waals surface area contributed by atoms with Gasteiger partial charge in [-0.05, 0) is 49.2 Å². The topological polar surface area (TPSA) is 70.2 Å². The summed E-state index contributed by atoms with van der Waals surface area (Å²) in [6, 6.07) is 16.1. The van der Waals surface area contributed by atoms with Crippen molar-refractivity contribution in [2.75, 3.05) is 13.1 Å². The molecule has 0 bridgehead atoms. The first-order valence-corrected chi connectivity index (χ1v) is 10.3. The highest BCUT2D eigenvalue weighted by molar-refractivity contribution is 7.92. The number of rotatable bonds is 3. The minimum absolute atomic E-state index is 0.0383. The molecule has 26 heavy (non-hydrogen) atoms. The standard InChI is InChI=1S/C20H20N2O3S/c23-20(16-6-7-19-15(14-16)8-11-21-19)22-12-9-18(10-13-22)26(24,25)17-4-2-1-3-5-17/h1-8,11,14,18,21H,9-10,12-13H2. The van der Waals surface area contributed by atoms with Gasteiger partial charge in [0.2, 0.25) is 0 Å². The van der Waals surface area contributed by atoms with Gasteiger partial charge in [0.05, 0.1) is 10.1 Å². The summed E-state index contributed by atoms with van der Waals surface area (Å²) in [4.78, 5) is 18.0. The zero-order valence-corrected chi connectivity index (χ0v) is 15.1. The number of aromatic nitrogens is 1. The molecule has 0 aliphatic carbocycles. The number of H-pyrrole nitrogens is 1. The molecular weight excluding hydrogens is 348 g/mol. The Bertz CT molecular complexity index is 1030. The average molecular weight is 368 g/mol. The number of piperidine rings is 1. The summed E-state index contributed by atoms with van der Waals surface area (Å²) in [5, 5.41) is 0.568. The predicted octanol–water partition coefficient (Wildman–Crippen LogP) is 3.25. The fourth-order valence-electron chi connectivity index (χ4n) is 3.54. The van der Waals surface area contributed by atoms with Gasteiger partial charge in [0.15, 0.2) is 9.84 Å². The number of sulfone groups is 1. The highest BCUT2D eigenvalue weighted by Crippen LogP contribution is 2.25. The molecule has 5 nitrogen and oxygen atoms in total. The van der Waals surface area contributed by atoms with Crippen molar-refractivity contribution in [1.82, 2.24) is 9.88 Å². The molecular formula is C20H20N2O3S. The number of likely N-dealkylation sites (tertiary alicyclic amines) is 1. The molecule has 1 saturated heterocycles. The third-order valence-electron chi connectivity index (χ3n) is 5.04. The van der Waals surface area contributed by atoms with Crippen LogP contribution in [0.25, 0.3) is 10.9 Å². The average Bonchev–Trinajstić information content (AvgIpc) is 3.16. The molecule has 2 aromatic carbocycles. The Morgan fingerprint density at radius 3 is 2.46 bits per heavy atom. The molecule has 1 aliphatic heterocycles. The summed E-state index contributed by atoms with van der Waals surface area (Å²) >= 11 is 0. The molecule has 134 valence electrons. The molecule has 0 atom stereocenters. The molecule has 2 heterocycles. The third kappa shape index (κ3) is 3.01. The van der Waals surface area contributed by atoms with E-state index in [1.807, 2.05) is 36.5 Å². The van der Waals surface area contributed by atoms with Crippen molar-refractivity contribution in [1.29, 1.82) is 0 Å². The van der Waals surface area contributed by atoms with Gasteiger partial charge in [-0.15, -0.1) is 0 Å². The summed E-state index contributed by atoms with van der Waals surface area (Å²) in [5.41, 5.74) is 1.63. The van der Waals surface area contributed by atoms with E-state index in [2.05, 4.69) is 4.98 Å². The first-order valence-electron chi connectivity index (χ1n) is 8.71. The number of aromatic amines is 1. The van der Waals surface area contributed by atoms with E-state index in [4.69, 9.17) is 0 Å². The van der Waals surface area contributed by atoms with Crippen molar-refractivity contribution >= 4 is 26.6 Å². The number of nitrogens with zero attached hydrogens (tertiary/aromatic N) is 1. The molecule has 0 unspecified atom stereocenters. The normalized spacial score (nSPS) is 16.1. The highest BCUT2D eigenvalue weighted by atomic mass is 32.2. The first kappa shape index (κ1) is 16.8. The Hall–Kier alpha value is -2.60. The van der Waals surface area contributed by atoms with Crippen molar-refractivity contribution in [2.45, 2.75) is 23.0 Å². The fourth-order valence-corrected chi connectivity index (χ4v) is 5.29. The predicted molar refractivity (Wildman–Crippen MR) is 101 cm³/mol. The van der Waals surface area contributed by atoms with Crippen molar-refractivity contribution in [3.8, 4) is 0 Å². The molecule has 6 heteroatoms. The maximum atomic E-state index is 12.8. The van der Waals surface area contributed by atoms with Gasteiger partial charge in [-0.3, -0.25) is 4.79 Å². The van der Waals surface area contributed by atoms with E-state index >= 15 is 0 Å². The molecule has 1 N–H and O–H groups in total. The van der Waals surface area contributed by atoms with E-state index in [1.54, 1.807) is 29.2 Å². The maximum absolute atomic E-state index is 12.8. The lowest BCUT2D eigenvalue weighted by Crippen LogP contribution is -2.42. The molecule has 1 amide bonds. The van der Waals surface area contributed by atoms with Gasteiger partial charge in [-0.2, -0.15) is 0 Å². The van der Waals surface area contributed by atoms with Crippen LogP contribution in [0.3, 0.4) is 0 Å². The Morgan fingerprint density at radius 1 is 1.00 bits per heavy atom. The van der Waals surface area contributed by atoms with Gasteiger partial charge < -0.3 is 9.88 Å². The van der Waals surface area contributed by atoms with Crippen LogP contribution in [0.1, 0.15) is 23.2 Å². The Morgan fingerprint density at radius 2 is 1.73 bits per heavy atom.